The second-order valence-electron chi connectivity index (χ2n) is 5.18. The number of benzene rings is 1. The molecule has 11 heteroatoms. The second-order valence-corrected chi connectivity index (χ2v) is 5.62. The topological polar surface area (TPSA) is 103 Å². The Kier molecular flexibility index (Phi) is 5.65. The summed E-state index contributed by atoms with van der Waals surface area (Å²) in [6.07, 6.45) is -7.68. The van der Waals surface area contributed by atoms with Gasteiger partial charge in [0.2, 0.25) is 0 Å². The van der Waals surface area contributed by atoms with Crippen LogP contribution in [0.1, 0.15) is 0 Å². The third-order valence-corrected chi connectivity index (χ3v) is 3.56. The van der Waals surface area contributed by atoms with Gasteiger partial charge in [0.15, 0.2) is 17.7 Å². The number of aromatic nitrogens is 3. The van der Waals surface area contributed by atoms with E-state index in [9.17, 15) is 27.9 Å². The van der Waals surface area contributed by atoms with Gasteiger partial charge < -0.3 is 10.8 Å². The Bertz CT molecular complexity index is 814. The summed E-state index contributed by atoms with van der Waals surface area (Å²) >= 11 is 5.77. The molecule has 1 aromatic heterocycles. The van der Waals surface area contributed by atoms with Crippen LogP contribution in [0, 0.1) is 0 Å². The summed E-state index contributed by atoms with van der Waals surface area (Å²) in [6, 6.07) is 5.84. The molecule has 0 amide bonds. The highest BCUT2D eigenvalue weighted by molar-refractivity contribution is 6.30. The number of hydrogen-bond acceptors (Lipinski definition) is 5. The summed E-state index contributed by atoms with van der Waals surface area (Å²) in [7, 11) is 0. The van der Waals surface area contributed by atoms with Crippen molar-refractivity contribution in [2.75, 3.05) is 6.54 Å². The van der Waals surface area contributed by atoms with Gasteiger partial charge in [-0.05, 0) is 24.3 Å². The van der Waals surface area contributed by atoms with E-state index in [1.807, 2.05) is 0 Å². The monoisotopic (exact) mass is 378 g/mol. The van der Waals surface area contributed by atoms with Gasteiger partial charge in [-0.15, -0.1) is 5.10 Å². The molecule has 2 rings (SSSR count). The van der Waals surface area contributed by atoms with Crippen molar-refractivity contribution >= 4 is 17.4 Å². The van der Waals surface area contributed by atoms with Crippen molar-refractivity contribution in [3.05, 3.63) is 39.8 Å². The number of nitrogens with two attached hydrogens (primary N) is 1. The van der Waals surface area contributed by atoms with E-state index in [0.717, 1.165) is 0 Å². The molecular formula is C14H14ClF3N4O3. The van der Waals surface area contributed by atoms with E-state index in [-0.39, 0.29) is 12.4 Å². The molecule has 0 aliphatic rings. The smallest absolute Gasteiger partial charge is 0.382 e. The molecule has 0 aliphatic carbocycles. The molecule has 0 bridgehead atoms. The molecule has 0 spiro atoms. The standard InChI is InChI=1S/C14H14ClF3N4O3/c15-9-3-1-8(2-4-9)12-20-22(6-10(23)5-19)13(25)21(12)7-11(24)14(16,17)18/h1-4,11,24H,5-7,19H2/t11-/m0/s1. The zero-order valence-electron chi connectivity index (χ0n) is 12.7. The number of ketones is 1. The van der Waals surface area contributed by atoms with Crippen LogP contribution in [0.2, 0.25) is 5.02 Å². The molecule has 0 saturated heterocycles. The Morgan fingerprint density at radius 1 is 1.32 bits per heavy atom. The largest absolute Gasteiger partial charge is 0.416 e. The Morgan fingerprint density at radius 3 is 2.44 bits per heavy atom. The lowest BCUT2D eigenvalue weighted by molar-refractivity contribution is -0.207. The van der Waals surface area contributed by atoms with Crippen molar-refractivity contribution in [1.82, 2.24) is 14.3 Å². The molecule has 0 aliphatic heterocycles. The molecule has 1 heterocycles. The number of aliphatic hydroxyl groups is 1. The van der Waals surface area contributed by atoms with Gasteiger partial charge in [-0.1, -0.05) is 11.6 Å². The quantitative estimate of drug-likeness (QED) is 0.774. The summed E-state index contributed by atoms with van der Waals surface area (Å²) in [5.41, 5.74) is 4.52. The van der Waals surface area contributed by atoms with Gasteiger partial charge in [0.05, 0.1) is 13.1 Å². The molecular weight excluding hydrogens is 365 g/mol. The van der Waals surface area contributed by atoms with E-state index in [1.54, 1.807) is 0 Å². The highest BCUT2D eigenvalue weighted by atomic mass is 35.5. The van der Waals surface area contributed by atoms with Crippen molar-refractivity contribution in [1.29, 1.82) is 0 Å². The lowest BCUT2D eigenvalue weighted by Gasteiger charge is -2.15. The maximum Gasteiger partial charge on any atom is 0.416 e. The van der Waals surface area contributed by atoms with Crippen LogP contribution in [-0.2, 0) is 17.9 Å². The number of halogens is 4. The number of nitrogens with zero attached hydrogens (tertiary/aromatic N) is 3. The number of Topliss-reactive ketones (excluding diaryl/α,β-unsaturated/α-hetero) is 1. The van der Waals surface area contributed by atoms with Gasteiger partial charge >= 0.3 is 11.9 Å². The van der Waals surface area contributed by atoms with Crippen molar-refractivity contribution in [2.24, 2.45) is 5.73 Å². The van der Waals surface area contributed by atoms with Gasteiger partial charge in [0, 0.05) is 10.6 Å². The van der Waals surface area contributed by atoms with E-state index in [4.69, 9.17) is 17.3 Å². The van der Waals surface area contributed by atoms with E-state index >= 15 is 0 Å². The minimum absolute atomic E-state index is 0.130. The van der Waals surface area contributed by atoms with Gasteiger partial charge in [-0.2, -0.15) is 13.2 Å². The maximum atomic E-state index is 12.6. The number of aliphatic hydroxyl groups excluding tert-OH is 1. The zero-order valence-corrected chi connectivity index (χ0v) is 13.5. The molecule has 0 unspecified atom stereocenters. The van der Waals surface area contributed by atoms with Crippen LogP contribution >= 0.6 is 11.6 Å². The predicted molar refractivity (Wildman–Crippen MR) is 83.1 cm³/mol. The highest BCUT2D eigenvalue weighted by Gasteiger charge is 2.39. The van der Waals surface area contributed by atoms with E-state index < -0.39 is 36.8 Å². The lowest BCUT2D eigenvalue weighted by Crippen LogP contribution is -2.37. The fraction of sp³-hybridized carbons (Fsp3) is 0.357. The van der Waals surface area contributed by atoms with E-state index in [2.05, 4.69) is 5.10 Å². The summed E-state index contributed by atoms with van der Waals surface area (Å²) < 4.78 is 39.3. The minimum Gasteiger partial charge on any atom is -0.382 e. The van der Waals surface area contributed by atoms with E-state index in [1.165, 1.54) is 24.3 Å². The summed E-state index contributed by atoms with van der Waals surface area (Å²) in [5.74, 6) is -0.652. The normalized spacial score (nSPS) is 13.0. The van der Waals surface area contributed by atoms with Crippen LogP contribution in [0.25, 0.3) is 11.4 Å². The maximum absolute atomic E-state index is 12.6. The fourth-order valence-corrected chi connectivity index (χ4v) is 2.16. The SMILES string of the molecule is NCC(=O)Cn1nc(-c2ccc(Cl)cc2)n(C[C@H](O)C(F)(F)F)c1=O. The first-order chi connectivity index (χ1) is 11.6. The van der Waals surface area contributed by atoms with Crippen LogP contribution in [0.5, 0.6) is 0 Å². The Balaban J connectivity index is 2.51. The van der Waals surface area contributed by atoms with Crippen molar-refractivity contribution in [3.63, 3.8) is 0 Å². The van der Waals surface area contributed by atoms with Crippen LogP contribution in [-0.4, -0.2) is 44.1 Å². The van der Waals surface area contributed by atoms with Gasteiger partial charge in [0.25, 0.3) is 0 Å². The molecule has 0 radical (unpaired) electrons. The molecule has 1 aromatic carbocycles. The zero-order chi connectivity index (χ0) is 18.8. The molecule has 25 heavy (non-hydrogen) atoms. The van der Waals surface area contributed by atoms with Crippen LogP contribution < -0.4 is 11.4 Å². The molecule has 1 atom stereocenters. The van der Waals surface area contributed by atoms with Crippen molar-refractivity contribution < 1.29 is 23.1 Å². The average Bonchev–Trinajstić information content (AvgIpc) is 2.84. The molecule has 2 aromatic rings. The highest BCUT2D eigenvalue weighted by Crippen LogP contribution is 2.23. The first-order valence-corrected chi connectivity index (χ1v) is 7.41. The number of carbonyl (C=O) groups is 1. The average molecular weight is 379 g/mol. The predicted octanol–water partition coefficient (Wildman–Crippen LogP) is 0.816. The Labute approximate surface area is 144 Å². The summed E-state index contributed by atoms with van der Waals surface area (Å²) in [6.45, 7) is -1.89. The molecule has 0 fully saturated rings. The van der Waals surface area contributed by atoms with Crippen LogP contribution in [0.4, 0.5) is 13.2 Å². The molecule has 136 valence electrons. The third-order valence-electron chi connectivity index (χ3n) is 3.31. The first-order valence-electron chi connectivity index (χ1n) is 7.03. The Hall–Kier alpha value is -2.17. The van der Waals surface area contributed by atoms with Crippen molar-refractivity contribution in [2.45, 2.75) is 25.4 Å². The number of rotatable bonds is 6. The van der Waals surface area contributed by atoms with Crippen molar-refractivity contribution in [3.8, 4) is 11.4 Å². The number of carbonyl (C=O) groups excluding carboxylic acids is 1. The summed E-state index contributed by atoms with van der Waals surface area (Å²) in [5, 5.41) is 13.6. The van der Waals surface area contributed by atoms with Gasteiger partial charge in [0.1, 0.15) is 6.54 Å². The van der Waals surface area contributed by atoms with E-state index in [0.29, 0.717) is 19.8 Å². The number of hydrogen-bond donors (Lipinski definition) is 2. The molecule has 3 N–H and O–H groups in total. The van der Waals surface area contributed by atoms with Crippen LogP contribution in [0.3, 0.4) is 0 Å². The second kappa shape index (κ2) is 7.38. The first kappa shape index (κ1) is 19.2. The lowest BCUT2D eigenvalue weighted by atomic mass is 10.2. The number of alkyl halides is 3. The molecule has 0 saturated carbocycles. The Morgan fingerprint density at radius 2 is 1.92 bits per heavy atom. The van der Waals surface area contributed by atoms with Crippen LogP contribution in [0.15, 0.2) is 29.1 Å². The molecule has 7 nitrogen and oxygen atoms in total. The fourth-order valence-electron chi connectivity index (χ4n) is 2.03. The minimum atomic E-state index is -4.91. The third kappa shape index (κ3) is 4.47. The van der Waals surface area contributed by atoms with Gasteiger partial charge in [-0.25, -0.2) is 9.48 Å². The summed E-state index contributed by atoms with van der Waals surface area (Å²) in [4.78, 5) is 23.7. The van der Waals surface area contributed by atoms with Gasteiger partial charge in [-0.3, -0.25) is 9.36 Å².